The second-order valence-electron chi connectivity index (χ2n) is 3.77. The maximum Gasteiger partial charge on any atom is 0.244 e. The molecule has 2 aliphatic rings. The summed E-state index contributed by atoms with van der Waals surface area (Å²) in [5, 5.41) is -0.383. The van der Waals surface area contributed by atoms with Crippen LogP contribution in [0.4, 0.5) is 0 Å². The maximum atomic E-state index is 11.6. The molecular formula is C9H12ClNO2. The van der Waals surface area contributed by atoms with Crippen LogP contribution in [-0.2, 0) is 9.59 Å². The van der Waals surface area contributed by atoms with Crippen molar-refractivity contribution in [3.8, 4) is 0 Å². The summed E-state index contributed by atoms with van der Waals surface area (Å²) < 4.78 is 0. The van der Waals surface area contributed by atoms with Crippen LogP contribution in [0.5, 0.6) is 0 Å². The number of carbonyl (C=O) groups excluding carboxylic acids is 2. The van der Waals surface area contributed by atoms with Gasteiger partial charge in [0.2, 0.25) is 11.1 Å². The van der Waals surface area contributed by atoms with Crippen LogP contribution in [0.1, 0.15) is 25.7 Å². The van der Waals surface area contributed by atoms with E-state index in [0.717, 1.165) is 25.7 Å². The summed E-state index contributed by atoms with van der Waals surface area (Å²) in [7, 11) is 0. The number of nitrogens with zero attached hydrogens (tertiary/aromatic N) is 1. The van der Waals surface area contributed by atoms with Gasteiger partial charge >= 0.3 is 0 Å². The van der Waals surface area contributed by atoms with E-state index in [4.69, 9.17) is 11.6 Å². The molecule has 0 radical (unpaired) electrons. The zero-order valence-electron chi connectivity index (χ0n) is 7.33. The summed E-state index contributed by atoms with van der Waals surface area (Å²) in [6.07, 6.45) is 3.61. The molecular weight excluding hydrogens is 190 g/mol. The molecule has 13 heavy (non-hydrogen) atoms. The first-order chi connectivity index (χ1) is 6.20. The van der Waals surface area contributed by atoms with Crippen molar-refractivity contribution in [3.05, 3.63) is 0 Å². The fraction of sp³-hybridized carbons (Fsp3) is 0.778. The molecule has 1 aliphatic heterocycles. The summed E-state index contributed by atoms with van der Waals surface area (Å²) in [5.74, 6) is 0.327. The van der Waals surface area contributed by atoms with Crippen LogP contribution in [0.2, 0.25) is 0 Å². The highest BCUT2D eigenvalue weighted by Crippen LogP contribution is 2.33. The van der Waals surface area contributed by atoms with Crippen LogP contribution in [0.25, 0.3) is 0 Å². The predicted octanol–water partition coefficient (Wildman–Crippen LogP) is 1.15. The van der Waals surface area contributed by atoms with Gasteiger partial charge in [0.25, 0.3) is 0 Å². The highest BCUT2D eigenvalue weighted by molar-refractivity contribution is 6.64. The Morgan fingerprint density at radius 2 is 1.92 bits per heavy atom. The van der Waals surface area contributed by atoms with Crippen molar-refractivity contribution in [2.24, 2.45) is 5.92 Å². The standard InChI is InChI=1S/C9H12ClNO2/c10-8(12)7-2-1-5-11(7)9(13)6-3-4-6/h6-7H,1-5H2. The number of hydrogen-bond donors (Lipinski definition) is 0. The van der Waals surface area contributed by atoms with E-state index in [-0.39, 0.29) is 23.1 Å². The van der Waals surface area contributed by atoms with E-state index in [0.29, 0.717) is 6.54 Å². The lowest BCUT2D eigenvalue weighted by Gasteiger charge is -2.21. The average molecular weight is 202 g/mol. The summed E-state index contributed by atoms with van der Waals surface area (Å²) in [4.78, 5) is 24.3. The number of amides is 1. The van der Waals surface area contributed by atoms with E-state index < -0.39 is 0 Å². The lowest BCUT2D eigenvalue weighted by molar-refractivity contribution is -0.136. The summed E-state index contributed by atoms with van der Waals surface area (Å²) in [6, 6.07) is -0.338. The predicted molar refractivity (Wildman–Crippen MR) is 48.3 cm³/mol. The summed E-state index contributed by atoms with van der Waals surface area (Å²) in [6.45, 7) is 0.707. The number of carbonyl (C=O) groups is 2. The molecule has 0 N–H and O–H groups in total. The Hall–Kier alpha value is -0.570. The Morgan fingerprint density at radius 3 is 2.46 bits per heavy atom. The smallest absolute Gasteiger partial charge is 0.244 e. The van der Waals surface area contributed by atoms with Crippen LogP contribution in [-0.4, -0.2) is 28.6 Å². The van der Waals surface area contributed by atoms with Crippen molar-refractivity contribution in [2.45, 2.75) is 31.7 Å². The Bertz CT molecular complexity index is 250. The normalized spacial score (nSPS) is 27.8. The third-order valence-electron chi connectivity index (χ3n) is 2.72. The Labute approximate surface area is 82.0 Å². The first kappa shape index (κ1) is 9.00. The van der Waals surface area contributed by atoms with Crippen LogP contribution in [0, 0.1) is 5.92 Å². The molecule has 1 atom stereocenters. The van der Waals surface area contributed by atoms with E-state index in [1.165, 1.54) is 0 Å². The van der Waals surface area contributed by atoms with Gasteiger partial charge in [-0.05, 0) is 37.3 Å². The van der Waals surface area contributed by atoms with Gasteiger partial charge in [0.15, 0.2) is 0 Å². The van der Waals surface area contributed by atoms with E-state index in [1.807, 2.05) is 0 Å². The lowest BCUT2D eigenvalue weighted by atomic mass is 10.2. The number of halogens is 1. The molecule has 3 nitrogen and oxygen atoms in total. The zero-order valence-corrected chi connectivity index (χ0v) is 8.09. The van der Waals surface area contributed by atoms with Crippen LogP contribution in [0.15, 0.2) is 0 Å². The van der Waals surface area contributed by atoms with Crippen molar-refractivity contribution in [1.82, 2.24) is 4.90 Å². The zero-order chi connectivity index (χ0) is 9.42. The largest absolute Gasteiger partial charge is 0.331 e. The second kappa shape index (κ2) is 3.29. The minimum absolute atomic E-state index is 0.136. The highest BCUT2D eigenvalue weighted by atomic mass is 35.5. The van der Waals surface area contributed by atoms with Gasteiger partial charge < -0.3 is 4.90 Å². The molecule has 72 valence electrons. The third kappa shape index (κ3) is 1.70. The average Bonchev–Trinajstić information content (AvgIpc) is 2.80. The van der Waals surface area contributed by atoms with Crippen LogP contribution < -0.4 is 0 Å². The minimum Gasteiger partial charge on any atom is -0.331 e. The molecule has 1 saturated heterocycles. The molecule has 0 spiro atoms. The van der Waals surface area contributed by atoms with Crippen molar-refractivity contribution >= 4 is 22.8 Å². The number of hydrogen-bond acceptors (Lipinski definition) is 2. The van der Waals surface area contributed by atoms with E-state index in [1.54, 1.807) is 4.90 Å². The Balaban J connectivity index is 2.03. The SMILES string of the molecule is O=C(Cl)C1CCCN1C(=O)C1CC1. The molecule has 0 aromatic heterocycles. The number of likely N-dealkylation sites (tertiary alicyclic amines) is 1. The van der Waals surface area contributed by atoms with Gasteiger partial charge in [-0.3, -0.25) is 9.59 Å². The molecule has 0 aromatic carbocycles. The molecule has 1 amide bonds. The van der Waals surface area contributed by atoms with Crippen LogP contribution >= 0.6 is 11.6 Å². The van der Waals surface area contributed by atoms with E-state index in [9.17, 15) is 9.59 Å². The molecule has 2 rings (SSSR count). The molecule has 1 aliphatic carbocycles. The van der Waals surface area contributed by atoms with Gasteiger partial charge in [0.1, 0.15) is 6.04 Å². The molecule has 0 bridgehead atoms. The Morgan fingerprint density at radius 1 is 1.23 bits per heavy atom. The third-order valence-corrected chi connectivity index (χ3v) is 2.98. The summed E-state index contributed by atoms with van der Waals surface area (Å²) in [5.41, 5.74) is 0. The first-order valence-electron chi connectivity index (χ1n) is 4.70. The molecule has 4 heteroatoms. The minimum atomic E-state index is -0.383. The van der Waals surface area contributed by atoms with Crippen LogP contribution in [0.3, 0.4) is 0 Å². The monoisotopic (exact) mass is 201 g/mol. The van der Waals surface area contributed by atoms with Gasteiger partial charge in [-0.15, -0.1) is 0 Å². The molecule has 1 saturated carbocycles. The van der Waals surface area contributed by atoms with Crippen molar-refractivity contribution in [3.63, 3.8) is 0 Å². The molecule has 1 heterocycles. The second-order valence-corrected chi connectivity index (χ2v) is 4.14. The van der Waals surface area contributed by atoms with Crippen molar-refractivity contribution in [2.75, 3.05) is 6.54 Å². The first-order valence-corrected chi connectivity index (χ1v) is 5.08. The van der Waals surface area contributed by atoms with E-state index >= 15 is 0 Å². The van der Waals surface area contributed by atoms with Gasteiger partial charge in [-0.25, -0.2) is 0 Å². The number of rotatable bonds is 2. The fourth-order valence-electron chi connectivity index (χ4n) is 1.83. The topological polar surface area (TPSA) is 37.4 Å². The van der Waals surface area contributed by atoms with E-state index in [2.05, 4.69) is 0 Å². The van der Waals surface area contributed by atoms with Crippen molar-refractivity contribution in [1.29, 1.82) is 0 Å². The van der Waals surface area contributed by atoms with Gasteiger partial charge in [-0.2, -0.15) is 0 Å². The van der Waals surface area contributed by atoms with Crippen molar-refractivity contribution < 1.29 is 9.59 Å². The highest BCUT2D eigenvalue weighted by Gasteiger charge is 2.40. The molecule has 2 fully saturated rings. The molecule has 0 aromatic rings. The quantitative estimate of drug-likeness (QED) is 0.629. The van der Waals surface area contributed by atoms with Gasteiger partial charge in [0.05, 0.1) is 0 Å². The summed E-state index contributed by atoms with van der Waals surface area (Å²) >= 11 is 5.42. The lowest BCUT2D eigenvalue weighted by Crippen LogP contribution is -2.39. The maximum absolute atomic E-state index is 11.6. The Kier molecular flexibility index (Phi) is 2.28. The van der Waals surface area contributed by atoms with Gasteiger partial charge in [-0.1, -0.05) is 0 Å². The molecule has 1 unspecified atom stereocenters. The fourth-order valence-corrected chi connectivity index (χ4v) is 2.06. The van der Waals surface area contributed by atoms with Gasteiger partial charge in [0, 0.05) is 12.5 Å².